The van der Waals surface area contributed by atoms with Gasteiger partial charge in [-0.3, -0.25) is 4.79 Å². The van der Waals surface area contributed by atoms with Crippen LogP contribution in [0.5, 0.6) is 5.75 Å². The average Bonchev–Trinajstić information content (AvgIpc) is 2.62. The van der Waals surface area contributed by atoms with Crippen molar-refractivity contribution in [2.45, 2.75) is 33.2 Å². The number of anilines is 1. The monoisotopic (exact) mass is 340 g/mol. The Morgan fingerprint density at radius 3 is 2.44 bits per heavy atom. The van der Waals surface area contributed by atoms with E-state index >= 15 is 0 Å². The zero-order chi connectivity index (χ0) is 18.2. The highest BCUT2D eigenvalue weighted by Crippen LogP contribution is 2.22. The van der Waals surface area contributed by atoms with E-state index in [1.165, 1.54) is 11.1 Å². The number of ether oxygens (including phenoxy) is 1. The lowest BCUT2D eigenvalue weighted by Gasteiger charge is -2.23. The van der Waals surface area contributed by atoms with E-state index in [1.807, 2.05) is 18.2 Å². The van der Waals surface area contributed by atoms with Gasteiger partial charge in [-0.25, -0.2) is 0 Å². The van der Waals surface area contributed by atoms with Crippen molar-refractivity contribution in [3.63, 3.8) is 0 Å². The summed E-state index contributed by atoms with van der Waals surface area (Å²) in [6, 6.07) is 16.1. The predicted octanol–water partition coefficient (Wildman–Crippen LogP) is 4.18. The van der Waals surface area contributed by atoms with Gasteiger partial charge in [0.15, 0.2) is 0 Å². The van der Waals surface area contributed by atoms with E-state index in [4.69, 9.17) is 4.74 Å². The van der Waals surface area contributed by atoms with E-state index in [1.54, 1.807) is 13.2 Å². The van der Waals surface area contributed by atoms with Crippen LogP contribution in [0.2, 0.25) is 0 Å². The molecule has 2 rings (SSSR count). The summed E-state index contributed by atoms with van der Waals surface area (Å²) in [5.74, 6) is 1.04. The molecule has 4 heteroatoms. The number of hydrogen-bond acceptors (Lipinski definition) is 3. The van der Waals surface area contributed by atoms with Crippen LogP contribution in [0.15, 0.2) is 48.5 Å². The maximum atomic E-state index is 12.3. The Kier molecular flexibility index (Phi) is 7.02. The molecule has 0 aliphatic heterocycles. The predicted molar refractivity (Wildman–Crippen MR) is 103 cm³/mol. The summed E-state index contributed by atoms with van der Waals surface area (Å²) in [6.45, 7) is 6.72. The molecule has 25 heavy (non-hydrogen) atoms. The summed E-state index contributed by atoms with van der Waals surface area (Å²) in [7, 11) is 1.61. The van der Waals surface area contributed by atoms with E-state index in [0.717, 1.165) is 17.9 Å². The minimum Gasteiger partial charge on any atom is -0.497 e. The highest BCUT2D eigenvalue weighted by molar-refractivity contribution is 5.92. The molecule has 134 valence electrons. The topological polar surface area (TPSA) is 50.4 Å². The lowest BCUT2D eigenvalue weighted by atomic mass is 9.95. The Labute approximate surface area is 150 Å². The molecule has 0 heterocycles. The molecule has 2 N–H and O–H groups in total. The van der Waals surface area contributed by atoms with Crippen molar-refractivity contribution in [3.05, 3.63) is 59.7 Å². The number of methoxy groups -OCH3 is 1. The van der Waals surface area contributed by atoms with Crippen LogP contribution in [-0.4, -0.2) is 19.6 Å². The Hall–Kier alpha value is -2.33. The molecule has 2 aromatic rings. The molecule has 0 aliphatic carbocycles. The normalized spacial score (nSPS) is 12.0. The van der Waals surface area contributed by atoms with Crippen LogP contribution in [-0.2, 0) is 11.2 Å². The van der Waals surface area contributed by atoms with Crippen molar-refractivity contribution in [1.29, 1.82) is 0 Å². The molecule has 4 nitrogen and oxygen atoms in total. The fourth-order valence-corrected chi connectivity index (χ4v) is 2.81. The minimum atomic E-state index is -0.0657. The molecule has 0 bridgehead atoms. The van der Waals surface area contributed by atoms with Gasteiger partial charge in [-0.05, 0) is 35.6 Å². The molecular weight excluding hydrogens is 312 g/mol. The molecule has 0 spiro atoms. The summed E-state index contributed by atoms with van der Waals surface area (Å²) in [6.07, 6.45) is 1.03. The molecule has 0 unspecified atom stereocenters. The Bertz CT molecular complexity index is 681. The van der Waals surface area contributed by atoms with Gasteiger partial charge in [-0.2, -0.15) is 0 Å². The lowest BCUT2D eigenvalue weighted by Crippen LogP contribution is -2.33. The summed E-state index contributed by atoms with van der Waals surface area (Å²) in [5, 5.41) is 6.28. The molecule has 1 atom stereocenters. The van der Waals surface area contributed by atoms with Crippen molar-refractivity contribution >= 4 is 11.6 Å². The van der Waals surface area contributed by atoms with Crippen molar-refractivity contribution in [3.8, 4) is 5.75 Å². The zero-order valence-corrected chi connectivity index (χ0v) is 15.5. The number of rotatable bonds is 8. The quantitative estimate of drug-likeness (QED) is 0.758. The van der Waals surface area contributed by atoms with Crippen LogP contribution in [0.3, 0.4) is 0 Å². The van der Waals surface area contributed by atoms with Crippen LogP contribution < -0.4 is 15.4 Å². The smallest absolute Gasteiger partial charge is 0.238 e. The first kappa shape index (κ1) is 19.0. The number of benzene rings is 2. The van der Waals surface area contributed by atoms with Gasteiger partial charge < -0.3 is 15.4 Å². The maximum absolute atomic E-state index is 12.3. The maximum Gasteiger partial charge on any atom is 0.238 e. The molecule has 0 fully saturated rings. The first-order valence-electron chi connectivity index (χ1n) is 8.79. The summed E-state index contributed by atoms with van der Waals surface area (Å²) >= 11 is 0. The van der Waals surface area contributed by atoms with Gasteiger partial charge in [-0.1, -0.05) is 51.1 Å². The number of hydrogen-bond donors (Lipinski definition) is 2. The molecule has 0 saturated heterocycles. The van der Waals surface area contributed by atoms with Crippen LogP contribution in [0, 0.1) is 5.92 Å². The second kappa shape index (κ2) is 9.23. The molecular formula is C21H28N2O2. The van der Waals surface area contributed by atoms with Crippen LogP contribution in [0.1, 0.15) is 37.9 Å². The van der Waals surface area contributed by atoms with Gasteiger partial charge >= 0.3 is 0 Å². The van der Waals surface area contributed by atoms with Crippen LogP contribution in [0.4, 0.5) is 5.69 Å². The minimum absolute atomic E-state index is 0.0657. The van der Waals surface area contributed by atoms with Gasteiger partial charge in [-0.15, -0.1) is 0 Å². The lowest BCUT2D eigenvalue weighted by molar-refractivity contribution is -0.115. The van der Waals surface area contributed by atoms with Crippen molar-refractivity contribution in [2.75, 3.05) is 19.0 Å². The molecule has 0 radical (unpaired) electrons. The van der Waals surface area contributed by atoms with Gasteiger partial charge in [0.2, 0.25) is 5.91 Å². The molecule has 1 amide bonds. The highest BCUT2D eigenvalue weighted by atomic mass is 16.5. The number of aryl methyl sites for hydroxylation is 1. The third kappa shape index (κ3) is 5.61. The molecule has 0 saturated carbocycles. The zero-order valence-electron chi connectivity index (χ0n) is 15.5. The Balaban J connectivity index is 1.96. The first-order chi connectivity index (χ1) is 12.0. The second-order valence-corrected chi connectivity index (χ2v) is 6.48. The van der Waals surface area contributed by atoms with Crippen molar-refractivity contribution < 1.29 is 9.53 Å². The van der Waals surface area contributed by atoms with E-state index in [9.17, 15) is 4.79 Å². The summed E-state index contributed by atoms with van der Waals surface area (Å²) < 4.78 is 5.18. The van der Waals surface area contributed by atoms with Gasteiger partial charge in [0.25, 0.3) is 0 Å². The number of amides is 1. The fraction of sp³-hybridized carbons (Fsp3) is 0.381. The SMILES string of the molecule is CCc1ccc([C@@H](NCC(=O)Nc2cccc(OC)c2)C(C)C)cc1. The number of nitrogens with one attached hydrogen (secondary N) is 2. The molecule has 2 aromatic carbocycles. The Morgan fingerprint density at radius 2 is 1.84 bits per heavy atom. The van der Waals surface area contributed by atoms with Crippen LogP contribution in [0.25, 0.3) is 0 Å². The summed E-state index contributed by atoms with van der Waals surface area (Å²) in [4.78, 5) is 12.3. The van der Waals surface area contributed by atoms with Gasteiger partial charge in [0.05, 0.1) is 13.7 Å². The fourth-order valence-electron chi connectivity index (χ4n) is 2.81. The highest BCUT2D eigenvalue weighted by Gasteiger charge is 2.16. The van der Waals surface area contributed by atoms with Gasteiger partial charge in [0.1, 0.15) is 5.75 Å². The summed E-state index contributed by atoms with van der Waals surface area (Å²) in [5.41, 5.74) is 3.27. The van der Waals surface area contributed by atoms with E-state index in [0.29, 0.717) is 5.92 Å². The standard InChI is InChI=1S/C21H28N2O2/c1-5-16-9-11-17(12-10-16)21(15(2)3)22-14-20(24)23-18-7-6-8-19(13-18)25-4/h6-13,15,21-22H,5,14H2,1-4H3,(H,23,24)/t21-/m0/s1. The number of carbonyl (C=O) groups excluding carboxylic acids is 1. The van der Waals surface area contributed by atoms with Crippen molar-refractivity contribution in [2.24, 2.45) is 5.92 Å². The van der Waals surface area contributed by atoms with E-state index in [-0.39, 0.29) is 18.5 Å². The third-order valence-corrected chi connectivity index (χ3v) is 4.25. The molecule has 0 aliphatic rings. The first-order valence-corrected chi connectivity index (χ1v) is 8.79. The van der Waals surface area contributed by atoms with E-state index < -0.39 is 0 Å². The largest absolute Gasteiger partial charge is 0.497 e. The van der Waals surface area contributed by atoms with Crippen molar-refractivity contribution in [1.82, 2.24) is 5.32 Å². The van der Waals surface area contributed by atoms with Crippen LogP contribution >= 0.6 is 0 Å². The third-order valence-electron chi connectivity index (χ3n) is 4.25. The Morgan fingerprint density at radius 1 is 1.12 bits per heavy atom. The molecule has 0 aromatic heterocycles. The number of carbonyl (C=O) groups is 1. The van der Waals surface area contributed by atoms with Gasteiger partial charge in [0, 0.05) is 17.8 Å². The van der Waals surface area contributed by atoms with E-state index in [2.05, 4.69) is 55.7 Å². The second-order valence-electron chi connectivity index (χ2n) is 6.48. The average molecular weight is 340 g/mol.